The van der Waals surface area contributed by atoms with E-state index in [1.165, 1.54) is 4.68 Å². The van der Waals surface area contributed by atoms with E-state index < -0.39 is 5.97 Å². The molecular formula is C9H13N3O2. The zero-order valence-corrected chi connectivity index (χ0v) is 8.06. The van der Waals surface area contributed by atoms with Gasteiger partial charge in [0.1, 0.15) is 6.10 Å². The standard InChI is InChI=1S/C9H13N3O2/c1-12-5-7(10)8(11-12)9(13)14-6-3-2-4-6/h5-6H,2-4,10H2,1H3. The van der Waals surface area contributed by atoms with Gasteiger partial charge in [0, 0.05) is 13.2 Å². The lowest BCUT2D eigenvalue weighted by Crippen LogP contribution is -2.25. The van der Waals surface area contributed by atoms with Crippen LogP contribution in [0.2, 0.25) is 0 Å². The largest absolute Gasteiger partial charge is 0.458 e. The summed E-state index contributed by atoms with van der Waals surface area (Å²) in [4.78, 5) is 11.5. The first-order chi connectivity index (χ1) is 6.66. The number of hydrogen-bond donors (Lipinski definition) is 1. The highest BCUT2D eigenvalue weighted by molar-refractivity contribution is 5.92. The van der Waals surface area contributed by atoms with Crippen molar-refractivity contribution in [3.05, 3.63) is 11.9 Å². The quantitative estimate of drug-likeness (QED) is 0.705. The van der Waals surface area contributed by atoms with Crippen molar-refractivity contribution in [2.45, 2.75) is 25.4 Å². The smallest absolute Gasteiger partial charge is 0.361 e. The van der Waals surface area contributed by atoms with Crippen molar-refractivity contribution >= 4 is 11.7 Å². The molecule has 1 heterocycles. The molecule has 1 saturated carbocycles. The first kappa shape index (κ1) is 9.05. The molecule has 2 rings (SSSR count). The highest BCUT2D eigenvalue weighted by Gasteiger charge is 2.24. The third-order valence-electron chi connectivity index (χ3n) is 2.38. The van der Waals surface area contributed by atoms with Crippen LogP contribution in [0.5, 0.6) is 0 Å². The molecule has 0 bridgehead atoms. The van der Waals surface area contributed by atoms with Gasteiger partial charge in [0.25, 0.3) is 0 Å². The van der Waals surface area contributed by atoms with Crippen LogP contribution in [-0.4, -0.2) is 21.9 Å². The number of hydrogen-bond acceptors (Lipinski definition) is 4. The Hall–Kier alpha value is -1.52. The molecule has 5 heteroatoms. The number of anilines is 1. The maximum atomic E-state index is 11.5. The van der Waals surface area contributed by atoms with Crippen molar-refractivity contribution in [1.82, 2.24) is 9.78 Å². The van der Waals surface area contributed by atoms with Gasteiger partial charge in [-0.05, 0) is 19.3 Å². The van der Waals surface area contributed by atoms with Crippen molar-refractivity contribution in [1.29, 1.82) is 0 Å². The fourth-order valence-corrected chi connectivity index (χ4v) is 1.36. The number of nitrogen functional groups attached to an aromatic ring is 1. The number of rotatable bonds is 2. The van der Waals surface area contributed by atoms with Crippen LogP contribution < -0.4 is 5.73 Å². The predicted molar refractivity (Wildman–Crippen MR) is 50.7 cm³/mol. The lowest BCUT2D eigenvalue weighted by molar-refractivity contribution is 0.00841. The Morgan fingerprint density at radius 3 is 2.86 bits per heavy atom. The van der Waals surface area contributed by atoms with Crippen LogP contribution in [0, 0.1) is 0 Å². The predicted octanol–water partition coefficient (Wildman–Crippen LogP) is 0.712. The molecule has 1 aliphatic rings. The second-order valence-corrected chi connectivity index (χ2v) is 3.56. The molecule has 0 radical (unpaired) electrons. The van der Waals surface area contributed by atoms with E-state index >= 15 is 0 Å². The molecule has 1 aliphatic carbocycles. The SMILES string of the molecule is Cn1cc(N)c(C(=O)OC2CCC2)n1. The van der Waals surface area contributed by atoms with Crippen LogP contribution in [0.15, 0.2) is 6.20 Å². The molecule has 1 aromatic rings. The Labute approximate surface area is 81.8 Å². The Morgan fingerprint density at radius 1 is 1.71 bits per heavy atom. The minimum Gasteiger partial charge on any atom is -0.458 e. The zero-order chi connectivity index (χ0) is 10.1. The van der Waals surface area contributed by atoms with E-state index in [0.29, 0.717) is 5.69 Å². The van der Waals surface area contributed by atoms with Crippen LogP contribution >= 0.6 is 0 Å². The van der Waals surface area contributed by atoms with Crippen molar-refractivity contribution in [3.8, 4) is 0 Å². The molecule has 0 atom stereocenters. The average molecular weight is 195 g/mol. The van der Waals surface area contributed by atoms with E-state index in [1.54, 1.807) is 13.2 Å². The molecular weight excluding hydrogens is 182 g/mol. The number of carbonyl (C=O) groups is 1. The number of ether oxygens (including phenoxy) is 1. The minimum atomic E-state index is -0.409. The third kappa shape index (κ3) is 1.57. The monoisotopic (exact) mass is 195 g/mol. The molecule has 0 saturated heterocycles. The first-order valence-electron chi connectivity index (χ1n) is 4.67. The fraction of sp³-hybridized carbons (Fsp3) is 0.556. The van der Waals surface area contributed by atoms with Gasteiger partial charge in [0.15, 0.2) is 5.69 Å². The molecule has 14 heavy (non-hydrogen) atoms. The molecule has 0 unspecified atom stereocenters. The second kappa shape index (κ2) is 3.32. The summed E-state index contributed by atoms with van der Waals surface area (Å²) in [5, 5.41) is 3.94. The fourth-order valence-electron chi connectivity index (χ4n) is 1.36. The van der Waals surface area contributed by atoms with Gasteiger partial charge in [0.2, 0.25) is 0 Å². The maximum Gasteiger partial charge on any atom is 0.361 e. The summed E-state index contributed by atoms with van der Waals surface area (Å²) in [6, 6.07) is 0. The highest BCUT2D eigenvalue weighted by Crippen LogP contribution is 2.23. The number of aromatic nitrogens is 2. The van der Waals surface area contributed by atoms with Crippen LogP contribution in [0.3, 0.4) is 0 Å². The van der Waals surface area contributed by atoms with Gasteiger partial charge in [-0.15, -0.1) is 0 Å². The van der Waals surface area contributed by atoms with Gasteiger partial charge in [-0.3, -0.25) is 4.68 Å². The topological polar surface area (TPSA) is 70.1 Å². The summed E-state index contributed by atoms with van der Waals surface area (Å²) >= 11 is 0. The van der Waals surface area contributed by atoms with Crippen LogP contribution in [0.25, 0.3) is 0 Å². The Bertz CT molecular complexity index is 355. The molecule has 76 valence electrons. The summed E-state index contributed by atoms with van der Waals surface area (Å²) in [7, 11) is 1.72. The molecule has 2 N–H and O–H groups in total. The van der Waals surface area contributed by atoms with Gasteiger partial charge in [-0.1, -0.05) is 0 Å². The number of carbonyl (C=O) groups excluding carboxylic acids is 1. The third-order valence-corrected chi connectivity index (χ3v) is 2.38. The Kier molecular flexibility index (Phi) is 2.15. The molecule has 1 aromatic heterocycles. The lowest BCUT2D eigenvalue weighted by Gasteiger charge is -2.24. The van der Waals surface area contributed by atoms with E-state index in [2.05, 4.69) is 5.10 Å². The normalized spacial score (nSPS) is 16.4. The van der Waals surface area contributed by atoms with Gasteiger partial charge < -0.3 is 10.5 Å². The molecule has 5 nitrogen and oxygen atoms in total. The number of nitrogens with zero attached hydrogens (tertiary/aromatic N) is 2. The summed E-state index contributed by atoms with van der Waals surface area (Å²) < 4.78 is 6.68. The second-order valence-electron chi connectivity index (χ2n) is 3.56. The van der Waals surface area contributed by atoms with E-state index in [9.17, 15) is 4.79 Å². The molecule has 0 spiro atoms. The molecule has 0 aromatic carbocycles. The van der Waals surface area contributed by atoms with Gasteiger partial charge >= 0.3 is 5.97 Å². The van der Waals surface area contributed by atoms with Crippen LogP contribution in [-0.2, 0) is 11.8 Å². The highest BCUT2D eigenvalue weighted by atomic mass is 16.5. The summed E-state index contributed by atoms with van der Waals surface area (Å²) in [6.45, 7) is 0. The van der Waals surface area contributed by atoms with Gasteiger partial charge in [-0.2, -0.15) is 5.10 Å². The Morgan fingerprint density at radius 2 is 2.43 bits per heavy atom. The molecule has 0 aliphatic heterocycles. The molecule has 1 fully saturated rings. The number of aryl methyl sites for hydroxylation is 1. The average Bonchev–Trinajstić information content (AvgIpc) is 2.37. The van der Waals surface area contributed by atoms with Crippen molar-refractivity contribution < 1.29 is 9.53 Å². The van der Waals surface area contributed by atoms with E-state index in [-0.39, 0.29) is 11.8 Å². The maximum absolute atomic E-state index is 11.5. The van der Waals surface area contributed by atoms with Gasteiger partial charge in [0.05, 0.1) is 5.69 Å². The summed E-state index contributed by atoms with van der Waals surface area (Å²) in [5.41, 5.74) is 6.19. The Balaban J connectivity index is 2.06. The van der Waals surface area contributed by atoms with Crippen molar-refractivity contribution in [2.24, 2.45) is 7.05 Å². The zero-order valence-electron chi connectivity index (χ0n) is 8.06. The van der Waals surface area contributed by atoms with E-state index in [4.69, 9.17) is 10.5 Å². The number of esters is 1. The number of nitrogens with two attached hydrogens (primary N) is 1. The van der Waals surface area contributed by atoms with E-state index in [1.807, 2.05) is 0 Å². The lowest BCUT2D eigenvalue weighted by atomic mass is 9.96. The summed E-state index contributed by atoms with van der Waals surface area (Å²) in [6.07, 6.45) is 4.72. The van der Waals surface area contributed by atoms with Crippen molar-refractivity contribution in [2.75, 3.05) is 5.73 Å². The molecule has 0 amide bonds. The minimum absolute atomic E-state index is 0.0731. The first-order valence-corrected chi connectivity index (χ1v) is 4.67. The summed E-state index contributed by atoms with van der Waals surface area (Å²) in [5.74, 6) is -0.409. The van der Waals surface area contributed by atoms with E-state index in [0.717, 1.165) is 19.3 Å². The van der Waals surface area contributed by atoms with Crippen LogP contribution in [0.4, 0.5) is 5.69 Å². The van der Waals surface area contributed by atoms with Gasteiger partial charge in [-0.25, -0.2) is 4.79 Å². The van der Waals surface area contributed by atoms with Crippen molar-refractivity contribution in [3.63, 3.8) is 0 Å². The van der Waals surface area contributed by atoms with Crippen LogP contribution in [0.1, 0.15) is 29.8 Å².